The number of hydrogen-bond donors (Lipinski definition) is 1. The van der Waals surface area contributed by atoms with Gasteiger partial charge in [-0.3, -0.25) is 14.4 Å². The molecular formula is C28H35N5O6. The van der Waals surface area contributed by atoms with E-state index in [1.165, 1.54) is 12.0 Å². The maximum absolute atomic E-state index is 12.8. The number of carbonyl (C=O) groups excluding carboxylic acids is 3. The summed E-state index contributed by atoms with van der Waals surface area (Å²) >= 11 is 0. The number of nitrogens with zero attached hydrogens (tertiary/aromatic N) is 4. The van der Waals surface area contributed by atoms with E-state index in [2.05, 4.69) is 10.4 Å². The third-order valence-electron chi connectivity index (χ3n) is 6.52. The predicted octanol–water partition coefficient (Wildman–Crippen LogP) is 3.05. The van der Waals surface area contributed by atoms with Crippen LogP contribution in [-0.2, 0) is 20.8 Å². The number of hydrogen-bond acceptors (Lipinski definition) is 8. The number of rotatable bonds is 6. The fourth-order valence-corrected chi connectivity index (χ4v) is 4.56. The Morgan fingerprint density at radius 2 is 1.77 bits per heavy atom. The maximum atomic E-state index is 12.8. The molecule has 0 radical (unpaired) electrons. The first-order chi connectivity index (χ1) is 18.5. The van der Waals surface area contributed by atoms with Crippen molar-refractivity contribution < 1.29 is 28.6 Å². The Morgan fingerprint density at radius 1 is 1.05 bits per heavy atom. The minimum atomic E-state index is -0.833. The monoisotopic (exact) mass is 537 g/mol. The summed E-state index contributed by atoms with van der Waals surface area (Å²) in [6, 6.07) is 12.5. The van der Waals surface area contributed by atoms with Crippen molar-refractivity contribution in [3.63, 3.8) is 0 Å². The summed E-state index contributed by atoms with van der Waals surface area (Å²) in [5.41, 5.74) is 2.23. The van der Waals surface area contributed by atoms with Crippen molar-refractivity contribution in [1.29, 1.82) is 0 Å². The summed E-state index contributed by atoms with van der Waals surface area (Å²) in [5, 5.41) is 7.99. The van der Waals surface area contributed by atoms with Crippen molar-refractivity contribution in [2.75, 3.05) is 45.8 Å². The van der Waals surface area contributed by atoms with Crippen LogP contribution < -0.4 is 15.0 Å². The summed E-state index contributed by atoms with van der Waals surface area (Å²) in [6.07, 6.45) is -0.555. The summed E-state index contributed by atoms with van der Waals surface area (Å²) < 4.78 is 17.6. The second-order valence-corrected chi connectivity index (χ2v) is 10.3. The minimum Gasteiger partial charge on any atom is -0.497 e. The van der Waals surface area contributed by atoms with Crippen LogP contribution in [-0.4, -0.2) is 85.2 Å². The molecule has 0 spiro atoms. The Kier molecular flexibility index (Phi) is 7.98. The zero-order valence-corrected chi connectivity index (χ0v) is 23.2. The van der Waals surface area contributed by atoms with Crippen molar-refractivity contribution in [1.82, 2.24) is 20.0 Å². The molecule has 4 rings (SSSR count). The zero-order chi connectivity index (χ0) is 28.3. The Balaban J connectivity index is 1.67. The lowest BCUT2D eigenvalue weighted by Crippen LogP contribution is -2.59. The molecule has 1 aliphatic heterocycles. The molecule has 39 heavy (non-hydrogen) atoms. The highest BCUT2D eigenvalue weighted by Gasteiger charge is 2.38. The summed E-state index contributed by atoms with van der Waals surface area (Å²) in [6.45, 7) is 6.78. The highest BCUT2D eigenvalue weighted by atomic mass is 16.6. The number of aromatic nitrogens is 2. The van der Waals surface area contributed by atoms with Gasteiger partial charge in [0, 0.05) is 37.8 Å². The van der Waals surface area contributed by atoms with Gasteiger partial charge in [0.2, 0.25) is 0 Å². The van der Waals surface area contributed by atoms with Crippen LogP contribution in [0.2, 0.25) is 0 Å². The van der Waals surface area contributed by atoms with Crippen LogP contribution in [0.4, 0.5) is 10.5 Å². The van der Waals surface area contributed by atoms with Gasteiger partial charge in [-0.2, -0.15) is 5.10 Å². The molecule has 3 aromatic rings. The number of ether oxygens (including phenoxy) is 3. The molecule has 11 nitrogen and oxygen atoms in total. The number of amides is 2. The van der Waals surface area contributed by atoms with E-state index in [0.29, 0.717) is 24.2 Å². The average Bonchev–Trinajstić information content (AvgIpc) is 3.28. The van der Waals surface area contributed by atoms with Crippen LogP contribution in [0, 0.1) is 0 Å². The Labute approximate surface area is 227 Å². The summed E-state index contributed by atoms with van der Waals surface area (Å²) in [4.78, 5) is 41.6. The normalized spacial score (nSPS) is 15.7. The topological polar surface area (TPSA) is 115 Å². The van der Waals surface area contributed by atoms with Crippen molar-refractivity contribution >= 4 is 34.6 Å². The molecule has 0 bridgehead atoms. The van der Waals surface area contributed by atoms with E-state index in [-0.39, 0.29) is 19.0 Å². The van der Waals surface area contributed by atoms with E-state index in [0.717, 1.165) is 22.5 Å². The number of benzene rings is 2. The first-order valence-electron chi connectivity index (χ1n) is 12.7. The molecule has 11 heteroatoms. The van der Waals surface area contributed by atoms with E-state index in [9.17, 15) is 14.4 Å². The van der Waals surface area contributed by atoms with Crippen LogP contribution in [0.1, 0.15) is 36.8 Å². The average molecular weight is 538 g/mol. The maximum Gasteiger partial charge on any atom is 0.411 e. The number of piperazine rings is 1. The molecule has 0 aliphatic carbocycles. The lowest BCUT2D eigenvalue weighted by atomic mass is 10.1. The molecule has 1 fully saturated rings. The van der Waals surface area contributed by atoms with Crippen molar-refractivity contribution in [3.8, 4) is 5.75 Å². The van der Waals surface area contributed by atoms with Gasteiger partial charge < -0.3 is 24.4 Å². The minimum absolute atomic E-state index is 0.229. The van der Waals surface area contributed by atoms with Crippen LogP contribution >= 0.6 is 0 Å². The Hall–Kier alpha value is -4.28. The molecule has 1 N–H and O–H groups in total. The number of methoxy groups -OCH3 is 2. The van der Waals surface area contributed by atoms with Crippen LogP contribution in [0.15, 0.2) is 42.5 Å². The second-order valence-electron chi connectivity index (χ2n) is 10.3. The third kappa shape index (κ3) is 6.08. The predicted molar refractivity (Wildman–Crippen MR) is 146 cm³/mol. The lowest BCUT2D eigenvalue weighted by molar-refractivity contribution is -0.147. The van der Waals surface area contributed by atoms with Crippen molar-refractivity contribution in [3.05, 3.63) is 53.7 Å². The number of carbonyl (C=O) groups is 3. The molecule has 1 aliphatic rings. The number of fused-ring (bicyclic) bond motifs is 1. The van der Waals surface area contributed by atoms with Crippen LogP contribution in [0.5, 0.6) is 5.75 Å². The largest absolute Gasteiger partial charge is 0.497 e. The van der Waals surface area contributed by atoms with Gasteiger partial charge in [-0.1, -0.05) is 12.1 Å². The molecular weight excluding hydrogens is 502 g/mol. The van der Waals surface area contributed by atoms with Crippen LogP contribution in [0.25, 0.3) is 10.9 Å². The smallest absolute Gasteiger partial charge is 0.411 e. The highest BCUT2D eigenvalue weighted by Crippen LogP contribution is 2.28. The van der Waals surface area contributed by atoms with Gasteiger partial charge in [-0.25, -0.2) is 9.59 Å². The first-order valence-corrected chi connectivity index (χ1v) is 12.7. The number of esters is 1. The number of nitrogens with one attached hydrogen (secondary N) is 1. The van der Waals surface area contributed by atoms with Crippen LogP contribution in [0.3, 0.4) is 0 Å². The molecule has 1 aromatic heterocycles. The van der Waals surface area contributed by atoms with Gasteiger partial charge in [0.15, 0.2) is 11.7 Å². The molecule has 2 amide bonds. The molecule has 2 heterocycles. The molecule has 208 valence electrons. The summed E-state index contributed by atoms with van der Waals surface area (Å²) in [5.74, 6) is -0.0425. The molecule has 2 aromatic carbocycles. The SMILES string of the molecule is CNC(=O)c1nn(Cc2ccc(OC)cc2)c2cc(N3CCN(C(=O)OC(C)(C)C)C(C(=O)OC)C3)ccc12. The Bertz CT molecular complexity index is 1360. The fourth-order valence-electron chi connectivity index (χ4n) is 4.56. The quantitative estimate of drug-likeness (QED) is 0.477. The van der Waals surface area contributed by atoms with Gasteiger partial charge >= 0.3 is 12.1 Å². The zero-order valence-electron chi connectivity index (χ0n) is 23.2. The van der Waals surface area contributed by atoms with E-state index in [1.807, 2.05) is 47.4 Å². The lowest BCUT2D eigenvalue weighted by Gasteiger charge is -2.41. The third-order valence-corrected chi connectivity index (χ3v) is 6.52. The highest BCUT2D eigenvalue weighted by molar-refractivity contribution is 6.05. The summed E-state index contributed by atoms with van der Waals surface area (Å²) in [7, 11) is 4.49. The number of anilines is 1. The fraction of sp³-hybridized carbons (Fsp3) is 0.429. The van der Waals surface area contributed by atoms with Gasteiger partial charge in [0.1, 0.15) is 11.4 Å². The second kappa shape index (κ2) is 11.2. The van der Waals surface area contributed by atoms with E-state index >= 15 is 0 Å². The molecule has 1 unspecified atom stereocenters. The van der Waals surface area contributed by atoms with Gasteiger partial charge in [-0.05, 0) is 56.7 Å². The van der Waals surface area contributed by atoms with Crippen molar-refractivity contribution in [2.24, 2.45) is 0 Å². The molecule has 0 saturated carbocycles. The standard InChI is InChI=1S/C28H35N5O6/c1-28(2,3)39-27(36)32-14-13-31(17-23(32)26(35)38-6)19-9-12-21-22(15-19)33(30-24(21)25(34)29-4)16-18-7-10-20(37-5)11-8-18/h7-12,15,23H,13-14,16-17H2,1-6H3,(H,29,34). The van der Waals surface area contributed by atoms with Crippen molar-refractivity contribution in [2.45, 2.75) is 39.0 Å². The van der Waals surface area contributed by atoms with E-state index in [1.54, 1.807) is 39.6 Å². The molecule has 1 atom stereocenters. The molecule has 1 saturated heterocycles. The Morgan fingerprint density at radius 3 is 2.38 bits per heavy atom. The first kappa shape index (κ1) is 27.7. The van der Waals surface area contributed by atoms with E-state index in [4.69, 9.17) is 14.2 Å². The van der Waals surface area contributed by atoms with Gasteiger partial charge in [0.05, 0.1) is 26.3 Å². The van der Waals surface area contributed by atoms with Gasteiger partial charge in [0.25, 0.3) is 5.91 Å². The van der Waals surface area contributed by atoms with Gasteiger partial charge in [-0.15, -0.1) is 0 Å². The van der Waals surface area contributed by atoms with E-state index < -0.39 is 23.7 Å².